The minimum atomic E-state index is -3.76. The van der Waals surface area contributed by atoms with Crippen molar-refractivity contribution in [3.05, 3.63) is 95.4 Å². The molecule has 4 aromatic rings. The maximum atomic E-state index is 12.9. The summed E-state index contributed by atoms with van der Waals surface area (Å²) >= 11 is 1.44. The maximum absolute atomic E-state index is 12.9. The summed E-state index contributed by atoms with van der Waals surface area (Å²) in [6.07, 6.45) is 0.165. The number of primary sulfonamides is 1. The summed E-state index contributed by atoms with van der Waals surface area (Å²) < 4.78 is 22.9. The Balaban J connectivity index is 1.52. The molecule has 9 heteroatoms. The van der Waals surface area contributed by atoms with Crippen LogP contribution >= 0.6 is 11.3 Å². The van der Waals surface area contributed by atoms with E-state index in [2.05, 4.69) is 10.6 Å². The standard InChI is InChI=1S/C25H24N4O3S2/c1-17(18-12-14-21(15-13-18)34(26,31)32)27-23(30)16-22-24(19-8-4-2-5-9-19)29-25(33-22)28-20-10-6-3-7-11-20/h2-15,17H,16H2,1H3,(H,27,30)(H,28,29)(H2,26,31,32)/t17-/m0/s1. The molecule has 174 valence electrons. The van der Waals surface area contributed by atoms with E-state index in [0.29, 0.717) is 5.13 Å². The molecule has 0 radical (unpaired) electrons. The normalized spacial score (nSPS) is 12.2. The average Bonchev–Trinajstić information content (AvgIpc) is 3.21. The topological polar surface area (TPSA) is 114 Å². The van der Waals surface area contributed by atoms with Crippen LogP contribution in [0.2, 0.25) is 0 Å². The molecule has 1 atom stereocenters. The molecular weight excluding hydrogens is 468 g/mol. The van der Waals surface area contributed by atoms with Gasteiger partial charge in [-0.2, -0.15) is 0 Å². The van der Waals surface area contributed by atoms with E-state index in [0.717, 1.165) is 27.4 Å². The fourth-order valence-electron chi connectivity index (χ4n) is 3.46. The number of carbonyl (C=O) groups is 1. The molecule has 0 saturated heterocycles. The van der Waals surface area contributed by atoms with Crippen LogP contribution in [0.15, 0.2) is 89.8 Å². The number of nitrogens with two attached hydrogens (primary N) is 1. The first-order valence-corrected chi connectivity index (χ1v) is 13.0. The lowest BCUT2D eigenvalue weighted by Gasteiger charge is -2.14. The van der Waals surface area contributed by atoms with Gasteiger partial charge in [-0.05, 0) is 36.8 Å². The van der Waals surface area contributed by atoms with Gasteiger partial charge in [-0.3, -0.25) is 4.79 Å². The third kappa shape index (κ3) is 5.88. The second-order valence-electron chi connectivity index (χ2n) is 7.73. The summed E-state index contributed by atoms with van der Waals surface area (Å²) in [5, 5.41) is 12.2. The van der Waals surface area contributed by atoms with E-state index in [-0.39, 0.29) is 23.3 Å². The maximum Gasteiger partial charge on any atom is 0.238 e. The summed E-state index contributed by atoms with van der Waals surface area (Å²) in [7, 11) is -3.76. The number of carbonyl (C=O) groups excluding carboxylic acids is 1. The van der Waals surface area contributed by atoms with Gasteiger partial charge in [-0.25, -0.2) is 18.5 Å². The number of aromatic nitrogens is 1. The van der Waals surface area contributed by atoms with E-state index in [1.165, 1.54) is 23.5 Å². The lowest BCUT2D eigenvalue weighted by atomic mass is 10.1. The van der Waals surface area contributed by atoms with Crippen molar-refractivity contribution in [3.8, 4) is 11.3 Å². The second-order valence-corrected chi connectivity index (χ2v) is 10.4. The molecule has 0 spiro atoms. The van der Waals surface area contributed by atoms with E-state index in [4.69, 9.17) is 10.1 Å². The molecule has 0 fully saturated rings. The highest BCUT2D eigenvalue weighted by molar-refractivity contribution is 7.89. The van der Waals surface area contributed by atoms with Gasteiger partial charge in [0.2, 0.25) is 15.9 Å². The zero-order valence-electron chi connectivity index (χ0n) is 18.4. The predicted octanol–water partition coefficient (Wildman–Crippen LogP) is 4.62. The van der Waals surface area contributed by atoms with Crippen molar-refractivity contribution in [1.82, 2.24) is 10.3 Å². The Bertz CT molecular complexity index is 1370. The third-order valence-corrected chi connectivity index (χ3v) is 7.08. The number of amides is 1. The van der Waals surface area contributed by atoms with Crippen LogP contribution in [0.5, 0.6) is 0 Å². The summed E-state index contributed by atoms with van der Waals surface area (Å²) in [5.41, 5.74) is 3.40. The number of anilines is 2. The number of para-hydroxylation sites is 1. The first-order valence-electron chi connectivity index (χ1n) is 10.6. The van der Waals surface area contributed by atoms with Crippen LogP contribution < -0.4 is 15.8 Å². The second kappa shape index (κ2) is 10.2. The Morgan fingerprint density at radius 2 is 1.59 bits per heavy atom. The highest BCUT2D eigenvalue weighted by atomic mass is 32.2. The molecule has 4 rings (SSSR count). The number of hydrogen-bond acceptors (Lipinski definition) is 6. The van der Waals surface area contributed by atoms with Crippen molar-refractivity contribution in [2.45, 2.75) is 24.3 Å². The molecule has 0 saturated carbocycles. The van der Waals surface area contributed by atoms with Gasteiger partial charge in [0.15, 0.2) is 5.13 Å². The fraction of sp³-hybridized carbons (Fsp3) is 0.120. The molecule has 1 heterocycles. The molecule has 0 aliphatic heterocycles. The van der Waals surface area contributed by atoms with E-state index >= 15 is 0 Å². The molecule has 0 bridgehead atoms. The Morgan fingerprint density at radius 3 is 2.21 bits per heavy atom. The highest BCUT2D eigenvalue weighted by Crippen LogP contribution is 2.33. The molecule has 1 amide bonds. The fourth-order valence-corrected chi connectivity index (χ4v) is 4.98. The first-order chi connectivity index (χ1) is 16.3. The van der Waals surface area contributed by atoms with Gasteiger partial charge in [-0.15, -0.1) is 11.3 Å². The monoisotopic (exact) mass is 492 g/mol. The van der Waals surface area contributed by atoms with Gasteiger partial charge in [0.05, 0.1) is 23.1 Å². The summed E-state index contributed by atoms with van der Waals surface area (Å²) in [5.74, 6) is -0.157. The third-order valence-electron chi connectivity index (χ3n) is 5.18. The number of benzene rings is 3. The molecule has 0 aliphatic rings. The van der Waals surface area contributed by atoms with Crippen molar-refractivity contribution >= 4 is 38.1 Å². The van der Waals surface area contributed by atoms with Gasteiger partial charge in [0.25, 0.3) is 0 Å². The summed E-state index contributed by atoms with van der Waals surface area (Å²) in [6.45, 7) is 1.84. The van der Waals surface area contributed by atoms with Crippen LogP contribution in [0.1, 0.15) is 23.4 Å². The van der Waals surface area contributed by atoms with Crippen molar-refractivity contribution in [3.63, 3.8) is 0 Å². The summed E-state index contributed by atoms with van der Waals surface area (Å²) in [6, 6.07) is 25.4. The number of rotatable bonds is 8. The van der Waals surface area contributed by atoms with Crippen molar-refractivity contribution in [2.75, 3.05) is 5.32 Å². The molecule has 34 heavy (non-hydrogen) atoms. The van der Waals surface area contributed by atoms with Crippen LogP contribution in [0.4, 0.5) is 10.8 Å². The van der Waals surface area contributed by atoms with Crippen molar-refractivity contribution < 1.29 is 13.2 Å². The van der Waals surface area contributed by atoms with Gasteiger partial charge in [0, 0.05) is 16.1 Å². The zero-order valence-corrected chi connectivity index (χ0v) is 20.1. The molecule has 7 nitrogen and oxygen atoms in total. The van der Waals surface area contributed by atoms with E-state index in [9.17, 15) is 13.2 Å². The minimum Gasteiger partial charge on any atom is -0.349 e. The molecule has 4 N–H and O–H groups in total. The van der Waals surface area contributed by atoms with Gasteiger partial charge >= 0.3 is 0 Å². The van der Waals surface area contributed by atoms with Crippen LogP contribution in [0, 0.1) is 0 Å². The Morgan fingerprint density at radius 1 is 0.971 bits per heavy atom. The number of sulfonamides is 1. The quantitative estimate of drug-likeness (QED) is 0.332. The number of nitrogens with one attached hydrogen (secondary N) is 2. The van der Waals surface area contributed by atoms with E-state index < -0.39 is 10.0 Å². The molecule has 0 aliphatic carbocycles. The predicted molar refractivity (Wildman–Crippen MR) is 135 cm³/mol. The van der Waals surface area contributed by atoms with Crippen LogP contribution in [0.25, 0.3) is 11.3 Å². The van der Waals surface area contributed by atoms with E-state index in [1.54, 1.807) is 12.1 Å². The Hall–Kier alpha value is -3.53. The average molecular weight is 493 g/mol. The molecular formula is C25H24N4O3S2. The lowest BCUT2D eigenvalue weighted by molar-refractivity contribution is -0.121. The molecule has 1 aromatic heterocycles. The van der Waals surface area contributed by atoms with Crippen molar-refractivity contribution in [1.29, 1.82) is 0 Å². The first kappa shape index (κ1) is 23.6. The van der Waals surface area contributed by atoms with Gasteiger partial charge in [0.1, 0.15) is 0 Å². The van der Waals surface area contributed by atoms with Gasteiger partial charge < -0.3 is 10.6 Å². The lowest BCUT2D eigenvalue weighted by Crippen LogP contribution is -2.28. The molecule has 3 aromatic carbocycles. The summed E-state index contributed by atoms with van der Waals surface area (Å²) in [4.78, 5) is 18.5. The number of hydrogen-bond donors (Lipinski definition) is 3. The number of nitrogens with zero attached hydrogens (tertiary/aromatic N) is 1. The minimum absolute atomic E-state index is 0.0328. The van der Waals surface area contributed by atoms with Crippen LogP contribution in [-0.4, -0.2) is 19.3 Å². The Labute approximate surface area is 202 Å². The van der Waals surface area contributed by atoms with Crippen LogP contribution in [0.3, 0.4) is 0 Å². The van der Waals surface area contributed by atoms with Gasteiger partial charge in [-0.1, -0.05) is 60.7 Å². The highest BCUT2D eigenvalue weighted by Gasteiger charge is 2.18. The number of thiazole rings is 1. The van der Waals surface area contributed by atoms with Crippen LogP contribution in [-0.2, 0) is 21.2 Å². The van der Waals surface area contributed by atoms with Crippen molar-refractivity contribution in [2.24, 2.45) is 5.14 Å². The zero-order chi connectivity index (χ0) is 24.1. The smallest absolute Gasteiger partial charge is 0.238 e. The Kier molecular flexibility index (Phi) is 7.06. The van der Waals surface area contributed by atoms with E-state index in [1.807, 2.05) is 67.6 Å². The molecule has 0 unspecified atom stereocenters. The largest absolute Gasteiger partial charge is 0.349 e. The SMILES string of the molecule is C[C@H](NC(=O)Cc1sc(Nc2ccccc2)nc1-c1ccccc1)c1ccc(S(N)(=O)=O)cc1.